The van der Waals surface area contributed by atoms with Crippen LogP contribution in [0.3, 0.4) is 0 Å². The van der Waals surface area contributed by atoms with Crippen molar-refractivity contribution >= 4 is 11.7 Å². The lowest BCUT2D eigenvalue weighted by Gasteiger charge is -2.33. The molecule has 2 aromatic carbocycles. The second kappa shape index (κ2) is 10.9. The normalized spacial score (nSPS) is 16.5. The Bertz CT molecular complexity index is 923. The second-order valence-corrected chi connectivity index (χ2v) is 8.10. The van der Waals surface area contributed by atoms with Crippen LogP contribution in [0.4, 0.5) is 18.9 Å². The Balaban J connectivity index is 1.45. The molecule has 0 amide bonds. The quantitative estimate of drug-likeness (QED) is 0.532. The number of esters is 1. The zero-order chi connectivity index (χ0) is 24.8. The lowest BCUT2D eigenvalue weighted by atomic mass is 10.1. The molecule has 1 aliphatic rings. The first-order valence-electron chi connectivity index (χ1n) is 11.0. The summed E-state index contributed by atoms with van der Waals surface area (Å²) < 4.78 is 56.9. The Morgan fingerprint density at radius 3 is 2.12 bits per heavy atom. The number of carbonyl (C=O) groups excluding carboxylic acids is 1. The average molecular weight is 483 g/mol. The van der Waals surface area contributed by atoms with Crippen LogP contribution in [0, 0.1) is 0 Å². The van der Waals surface area contributed by atoms with Gasteiger partial charge >= 0.3 is 12.3 Å². The van der Waals surface area contributed by atoms with Gasteiger partial charge in [-0.3, -0.25) is 0 Å². The number of anilines is 1. The highest BCUT2D eigenvalue weighted by Crippen LogP contribution is 2.28. The molecule has 186 valence electrons. The summed E-state index contributed by atoms with van der Waals surface area (Å²) in [7, 11) is 0. The maximum atomic E-state index is 12.3. The summed E-state index contributed by atoms with van der Waals surface area (Å²) in [6, 6.07) is 12.7. The third-order valence-electron chi connectivity index (χ3n) is 5.24. The minimum Gasteiger partial charge on any atom is -0.490 e. The zero-order valence-corrected chi connectivity index (χ0v) is 19.0. The maximum absolute atomic E-state index is 12.3. The topological polar surface area (TPSA) is 77.5 Å². The fraction of sp³-hybridized carbons (Fsp3) is 0.458. The number of halogens is 3. The van der Waals surface area contributed by atoms with Crippen molar-refractivity contribution in [3.05, 3.63) is 48.5 Å². The molecule has 0 unspecified atom stereocenters. The van der Waals surface area contributed by atoms with Crippen LogP contribution in [-0.2, 0) is 9.53 Å². The van der Waals surface area contributed by atoms with Gasteiger partial charge in [0.25, 0.3) is 0 Å². The van der Waals surface area contributed by atoms with Crippen LogP contribution < -0.4 is 19.1 Å². The van der Waals surface area contributed by atoms with E-state index in [1.165, 1.54) is 31.2 Å². The largest absolute Gasteiger partial charge is 0.573 e. The van der Waals surface area contributed by atoms with E-state index in [0.717, 1.165) is 31.6 Å². The number of rotatable bonds is 9. The first-order valence-corrected chi connectivity index (χ1v) is 11.0. The third-order valence-corrected chi connectivity index (χ3v) is 5.24. The summed E-state index contributed by atoms with van der Waals surface area (Å²) in [5.74, 6) is -0.00781. The van der Waals surface area contributed by atoms with Crippen LogP contribution in [0.2, 0.25) is 0 Å². The van der Waals surface area contributed by atoms with Gasteiger partial charge in [-0.15, -0.1) is 13.2 Å². The van der Waals surface area contributed by atoms with Gasteiger partial charge in [-0.05, 0) is 62.4 Å². The van der Waals surface area contributed by atoms with Crippen molar-refractivity contribution in [2.45, 2.75) is 44.8 Å². The third kappa shape index (κ3) is 7.44. The average Bonchev–Trinajstić information content (AvgIpc) is 2.79. The van der Waals surface area contributed by atoms with E-state index in [1.54, 1.807) is 19.1 Å². The number of aliphatic hydroxyl groups is 1. The van der Waals surface area contributed by atoms with Gasteiger partial charge < -0.3 is 29.0 Å². The van der Waals surface area contributed by atoms with E-state index >= 15 is 0 Å². The molecule has 2 aromatic rings. The van der Waals surface area contributed by atoms with E-state index in [-0.39, 0.29) is 25.1 Å². The summed E-state index contributed by atoms with van der Waals surface area (Å²) in [5.41, 5.74) is -0.737. The number of hydrogen-bond donors (Lipinski definition) is 1. The number of benzene rings is 2. The maximum Gasteiger partial charge on any atom is 0.573 e. The number of carbonyl (C=O) groups is 1. The number of ether oxygens (including phenoxy) is 4. The summed E-state index contributed by atoms with van der Waals surface area (Å²) in [6.07, 6.45) is -3.26. The van der Waals surface area contributed by atoms with Gasteiger partial charge in [-0.25, -0.2) is 4.79 Å². The Kier molecular flexibility index (Phi) is 8.14. The molecule has 0 aromatic heterocycles. The molecule has 1 aliphatic heterocycles. The molecule has 0 radical (unpaired) electrons. The van der Waals surface area contributed by atoms with E-state index in [9.17, 15) is 23.1 Å². The predicted molar refractivity (Wildman–Crippen MR) is 118 cm³/mol. The van der Waals surface area contributed by atoms with Gasteiger partial charge in [0.2, 0.25) is 0 Å². The molecule has 1 saturated heterocycles. The number of nitrogens with zero attached hydrogens (tertiary/aromatic N) is 1. The van der Waals surface area contributed by atoms with Crippen molar-refractivity contribution in [3.8, 4) is 17.2 Å². The fourth-order valence-electron chi connectivity index (χ4n) is 3.47. The lowest BCUT2D eigenvalue weighted by molar-refractivity contribution is -0.274. The summed E-state index contributed by atoms with van der Waals surface area (Å²) in [6.45, 7) is 4.45. The smallest absolute Gasteiger partial charge is 0.490 e. The molecule has 10 heteroatoms. The van der Waals surface area contributed by atoms with Crippen LogP contribution in [0.15, 0.2) is 48.5 Å². The molecule has 1 atom stereocenters. The molecule has 1 N–H and O–H groups in total. The van der Waals surface area contributed by atoms with E-state index in [4.69, 9.17) is 14.2 Å². The molecular formula is C24H28F3NO6. The van der Waals surface area contributed by atoms with Crippen molar-refractivity contribution in [1.29, 1.82) is 0 Å². The van der Waals surface area contributed by atoms with Gasteiger partial charge in [-0.1, -0.05) is 0 Å². The van der Waals surface area contributed by atoms with Crippen LogP contribution in [0.1, 0.15) is 26.7 Å². The van der Waals surface area contributed by atoms with Crippen LogP contribution in [0.25, 0.3) is 0 Å². The van der Waals surface area contributed by atoms with Gasteiger partial charge in [0.05, 0.1) is 6.61 Å². The van der Waals surface area contributed by atoms with Crippen molar-refractivity contribution in [3.63, 3.8) is 0 Å². The molecule has 1 heterocycles. The monoisotopic (exact) mass is 483 g/mol. The molecule has 1 fully saturated rings. The highest BCUT2D eigenvalue weighted by atomic mass is 19.4. The van der Waals surface area contributed by atoms with E-state index in [0.29, 0.717) is 11.5 Å². The molecule has 0 spiro atoms. The number of alkyl halides is 3. The van der Waals surface area contributed by atoms with Crippen molar-refractivity contribution in [2.75, 3.05) is 31.2 Å². The lowest BCUT2D eigenvalue weighted by Crippen LogP contribution is -2.42. The van der Waals surface area contributed by atoms with E-state index < -0.39 is 17.9 Å². The van der Waals surface area contributed by atoms with Gasteiger partial charge in [0.1, 0.15) is 30.0 Å². The molecule has 7 nitrogen and oxygen atoms in total. The van der Waals surface area contributed by atoms with Gasteiger partial charge in [0.15, 0.2) is 5.60 Å². The van der Waals surface area contributed by atoms with Crippen molar-refractivity contribution < 1.29 is 42.0 Å². The van der Waals surface area contributed by atoms with Gasteiger partial charge in [-0.2, -0.15) is 0 Å². The van der Waals surface area contributed by atoms with E-state index in [1.807, 2.05) is 12.1 Å². The fourth-order valence-corrected chi connectivity index (χ4v) is 3.47. The highest BCUT2D eigenvalue weighted by Gasteiger charge is 2.33. The van der Waals surface area contributed by atoms with Gasteiger partial charge in [0, 0.05) is 31.6 Å². The standard InChI is InChI=1S/C24H28F3NO6/c1-3-31-22(29)23(2,30)16-32-18-6-4-17(5-7-18)28-14-12-20(13-15-28)33-19-8-10-21(11-9-19)34-24(25,26)27/h4-11,20,30H,3,12-16H2,1-2H3/t23-/m0/s1. The molecule has 0 bridgehead atoms. The van der Waals surface area contributed by atoms with Crippen LogP contribution >= 0.6 is 0 Å². The molecule has 0 saturated carbocycles. The summed E-state index contributed by atoms with van der Waals surface area (Å²) in [5, 5.41) is 10.2. The van der Waals surface area contributed by atoms with Crippen molar-refractivity contribution in [1.82, 2.24) is 0 Å². The Labute approximate surface area is 196 Å². The van der Waals surface area contributed by atoms with Crippen molar-refractivity contribution in [2.24, 2.45) is 0 Å². The Morgan fingerprint density at radius 2 is 1.56 bits per heavy atom. The highest BCUT2D eigenvalue weighted by molar-refractivity contribution is 5.78. The number of piperidine rings is 1. The Morgan fingerprint density at radius 1 is 1.00 bits per heavy atom. The van der Waals surface area contributed by atoms with Crippen LogP contribution in [0.5, 0.6) is 17.2 Å². The molecule has 34 heavy (non-hydrogen) atoms. The minimum atomic E-state index is -4.72. The Hall–Kier alpha value is -3.14. The predicted octanol–water partition coefficient (Wildman–Crippen LogP) is 4.33. The van der Waals surface area contributed by atoms with Crippen LogP contribution in [-0.4, -0.2) is 55.4 Å². The second-order valence-electron chi connectivity index (χ2n) is 8.10. The number of hydrogen-bond acceptors (Lipinski definition) is 7. The molecular weight excluding hydrogens is 455 g/mol. The summed E-state index contributed by atoms with van der Waals surface area (Å²) in [4.78, 5) is 13.9. The summed E-state index contributed by atoms with van der Waals surface area (Å²) >= 11 is 0. The molecule has 0 aliphatic carbocycles. The SMILES string of the molecule is CCOC(=O)[C@@](C)(O)COc1ccc(N2CCC(Oc3ccc(OC(F)(F)F)cc3)CC2)cc1. The first-order chi connectivity index (χ1) is 16.1. The zero-order valence-electron chi connectivity index (χ0n) is 19.0. The first kappa shape index (κ1) is 25.5. The minimum absolute atomic E-state index is 0.0432. The van der Waals surface area contributed by atoms with E-state index in [2.05, 4.69) is 9.64 Å². The molecule has 3 rings (SSSR count).